The minimum absolute atomic E-state index is 0.273. The fraction of sp³-hybridized carbons (Fsp3) is 0.389. The molecule has 5 nitrogen and oxygen atoms in total. The third-order valence-corrected chi connectivity index (χ3v) is 4.64. The number of piperazine rings is 1. The van der Waals surface area contributed by atoms with Gasteiger partial charge < -0.3 is 9.80 Å². The van der Waals surface area contributed by atoms with Crippen LogP contribution in [0.3, 0.4) is 0 Å². The summed E-state index contributed by atoms with van der Waals surface area (Å²) < 4.78 is 0. The van der Waals surface area contributed by atoms with E-state index in [1.54, 1.807) is 0 Å². The van der Waals surface area contributed by atoms with Crippen molar-refractivity contribution in [1.82, 2.24) is 9.88 Å². The van der Waals surface area contributed by atoms with Gasteiger partial charge in [-0.2, -0.15) is 5.26 Å². The number of carbonyl (C=O) groups is 1. The van der Waals surface area contributed by atoms with Crippen molar-refractivity contribution in [3.8, 4) is 6.07 Å². The average Bonchev–Trinajstić information content (AvgIpc) is 3.45. The third-order valence-electron chi connectivity index (χ3n) is 4.64. The number of hydrogen-bond acceptors (Lipinski definition) is 4. The summed E-state index contributed by atoms with van der Waals surface area (Å²) in [6.07, 6.45) is 2.09. The molecule has 4 rings (SSSR count). The van der Waals surface area contributed by atoms with Gasteiger partial charge in [0, 0.05) is 37.5 Å². The molecule has 1 saturated carbocycles. The molecule has 0 radical (unpaired) electrons. The van der Waals surface area contributed by atoms with Crippen molar-refractivity contribution in [3.63, 3.8) is 0 Å². The van der Waals surface area contributed by atoms with Crippen LogP contribution in [0.2, 0.25) is 0 Å². The van der Waals surface area contributed by atoms with Gasteiger partial charge in [-0.1, -0.05) is 18.2 Å². The monoisotopic (exact) mass is 306 g/mol. The van der Waals surface area contributed by atoms with Crippen molar-refractivity contribution in [1.29, 1.82) is 5.26 Å². The second kappa shape index (κ2) is 5.54. The van der Waals surface area contributed by atoms with E-state index in [1.807, 2.05) is 35.2 Å². The zero-order valence-corrected chi connectivity index (χ0v) is 12.9. The van der Waals surface area contributed by atoms with Crippen LogP contribution in [0.4, 0.5) is 5.82 Å². The zero-order valence-electron chi connectivity index (χ0n) is 12.9. The molecule has 1 amide bonds. The number of aromatic nitrogens is 1. The Bertz CT molecular complexity index is 798. The summed E-state index contributed by atoms with van der Waals surface area (Å²) in [4.78, 5) is 20.9. The van der Waals surface area contributed by atoms with Crippen LogP contribution < -0.4 is 4.90 Å². The number of fused-ring (bicyclic) bond motifs is 1. The summed E-state index contributed by atoms with van der Waals surface area (Å²) >= 11 is 0. The first-order chi connectivity index (χ1) is 11.3. The fourth-order valence-corrected chi connectivity index (χ4v) is 3.16. The van der Waals surface area contributed by atoms with Crippen LogP contribution in [-0.2, 0) is 4.79 Å². The highest BCUT2D eigenvalue weighted by Crippen LogP contribution is 2.31. The molecule has 2 fully saturated rings. The van der Waals surface area contributed by atoms with E-state index in [-0.39, 0.29) is 5.92 Å². The first-order valence-corrected chi connectivity index (χ1v) is 8.10. The van der Waals surface area contributed by atoms with Gasteiger partial charge in [-0.3, -0.25) is 4.79 Å². The number of nitriles is 1. The Hall–Kier alpha value is -2.61. The van der Waals surface area contributed by atoms with Gasteiger partial charge in [0.1, 0.15) is 11.9 Å². The van der Waals surface area contributed by atoms with Crippen LogP contribution in [0.25, 0.3) is 10.9 Å². The number of amides is 1. The molecule has 116 valence electrons. The standard InChI is InChI=1S/C18H18N4O/c19-12-15-11-14-3-1-2-4-16(14)20-17(15)21-7-9-22(10-8-21)18(23)13-5-6-13/h1-4,11,13H,5-10H2. The Balaban J connectivity index is 1.57. The normalized spacial score (nSPS) is 18.0. The molecule has 1 aliphatic carbocycles. The lowest BCUT2D eigenvalue weighted by Crippen LogP contribution is -2.49. The molecule has 5 heteroatoms. The highest BCUT2D eigenvalue weighted by atomic mass is 16.2. The van der Waals surface area contributed by atoms with Gasteiger partial charge in [0.15, 0.2) is 0 Å². The predicted molar refractivity (Wildman–Crippen MR) is 88.0 cm³/mol. The molecule has 0 unspecified atom stereocenters. The lowest BCUT2D eigenvalue weighted by atomic mass is 10.1. The molecule has 0 bridgehead atoms. The second-order valence-electron chi connectivity index (χ2n) is 6.25. The molecule has 0 spiro atoms. The molecule has 1 aromatic heterocycles. The van der Waals surface area contributed by atoms with E-state index in [9.17, 15) is 10.1 Å². The van der Waals surface area contributed by atoms with E-state index in [0.717, 1.165) is 42.7 Å². The van der Waals surface area contributed by atoms with Crippen LogP contribution in [0.5, 0.6) is 0 Å². The maximum Gasteiger partial charge on any atom is 0.225 e. The highest BCUT2D eigenvalue weighted by Gasteiger charge is 2.34. The first kappa shape index (κ1) is 14.0. The van der Waals surface area contributed by atoms with Gasteiger partial charge in [0.25, 0.3) is 0 Å². The molecule has 2 aromatic rings. The number of anilines is 1. The maximum absolute atomic E-state index is 12.1. The van der Waals surface area contributed by atoms with Crippen LogP contribution in [0.15, 0.2) is 30.3 Å². The zero-order chi connectivity index (χ0) is 15.8. The summed E-state index contributed by atoms with van der Waals surface area (Å²) in [7, 11) is 0. The predicted octanol–water partition coefficient (Wildman–Crippen LogP) is 2.17. The minimum atomic E-state index is 0.273. The largest absolute Gasteiger partial charge is 0.352 e. The number of para-hydroxylation sites is 1. The molecule has 23 heavy (non-hydrogen) atoms. The average molecular weight is 306 g/mol. The molecule has 1 aromatic carbocycles. The summed E-state index contributed by atoms with van der Waals surface area (Å²) in [5, 5.41) is 10.4. The SMILES string of the molecule is N#Cc1cc2ccccc2nc1N1CCN(C(=O)C2CC2)CC1. The second-order valence-corrected chi connectivity index (χ2v) is 6.25. The number of nitrogens with zero attached hydrogens (tertiary/aromatic N) is 4. The summed E-state index contributed by atoms with van der Waals surface area (Å²) in [6, 6.07) is 12.0. The van der Waals surface area contributed by atoms with Gasteiger partial charge in [-0.25, -0.2) is 4.98 Å². The Kier molecular flexibility index (Phi) is 3.38. The first-order valence-electron chi connectivity index (χ1n) is 8.10. The van der Waals surface area contributed by atoms with Crippen LogP contribution in [0.1, 0.15) is 18.4 Å². The Morgan fingerprint density at radius 1 is 1.17 bits per heavy atom. The van der Waals surface area contributed by atoms with E-state index in [1.165, 1.54) is 0 Å². The Morgan fingerprint density at radius 3 is 2.61 bits per heavy atom. The summed E-state index contributed by atoms with van der Waals surface area (Å²) in [5.41, 5.74) is 1.50. The Labute approximate surface area is 135 Å². The number of pyridine rings is 1. The van der Waals surface area contributed by atoms with Crippen molar-refractivity contribution in [3.05, 3.63) is 35.9 Å². The highest BCUT2D eigenvalue weighted by molar-refractivity contribution is 5.83. The molecule has 1 aliphatic heterocycles. The van der Waals surface area contributed by atoms with Crippen molar-refractivity contribution in [2.45, 2.75) is 12.8 Å². The molecule has 0 atom stereocenters. The number of rotatable bonds is 2. The third kappa shape index (κ3) is 2.61. The number of hydrogen-bond donors (Lipinski definition) is 0. The lowest BCUT2D eigenvalue weighted by Gasteiger charge is -2.36. The van der Waals surface area contributed by atoms with Gasteiger partial charge in [0.05, 0.1) is 11.1 Å². The topological polar surface area (TPSA) is 60.2 Å². The lowest BCUT2D eigenvalue weighted by molar-refractivity contribution is -0.132. The summed E-state index contributed by atoms with van der Waals surface area (Å²) in [5.74, 6) is 1.32. The Morgan fingerprint density at radius 2 is 1.91 bits per heavy atom. The molecular formula is C18H18N4O. The van der Waals surface area contributed by atoms with Crippen molar-refractivity contribution in [2.75, 3.05) is 31.1 Å². The molecule has 0 N–H and O–H groups in total. The molecular weight excluding hydrogens is 288 g/mol. The minimum Gasteiger partial charge on any atom is -0.352 e. The van der Waals surface area contributed by atoms with Crippen molar-refractivity contribution < 1.29 is 4.79 Å². The molecule has 1 saturated heterocycles. The van der Waals surface area contributed by atoms with Gasteiger partial charge >= 0.3 is 0 Å². The van der Waals surface area contributed by atoms with Gasteiger partial charge in [-0.05, 0) is 25.0 Å². The quantitative estimate of drug-likeness (QED) is 0.853. The van der Waals surface area contributed by atoms with Crippen LogP contribution in [0, 0.1) is 17.2 Å². The fourth-order valence-electron chi connectivity index (χ4n) is 3.16. The number of benzene rings is 1. The molecule has 2 aliphatic rings. The van der Waals surface area contributed by atoms with Gasteiger partial charge in [0.2, 0.25) is 5.91 Å². The number of carbonyl (C=O) groups excluding carboxylic acids is 1. The molecule has 2 heterocycles. The van der Waals surface area contributed by atoms with E-state index >= 15 is 0 Å². The van der Waals surface area contributed by atoms with Crippen LogP contribution in [-0.4, -0.2) is 42.0 Å². The smallest absolute Gasteiger partial charge is 0.225 e. The van der Waals surface area contributed by atoms with E-state index in [4.69, 9.17) is 0 Å². The van der Waals surface area contributed by atoms with E-state index < -0.39 is 0 Å². The van der Waals surface area contributed by atoms with Crippen LogP contribution >= 0.6 is 0 Å². The van der Waals surface area contributed by atoms with Crippen molar-refractivity contribution >= 4 is 22.6 Å². The van der Waals surface area contributed by atoms with E-state index in [2.05, 4.69) is 16.0 Å². The summed E-state index contributed by atoms with van der Waals surface area (Å²) in [6.45, 7) is 2.90. The van der Waals surface area contributed by atoms with E-state index in [0.29, 0.717) is 24.6 Å². The van der Waals surface area contributed by atoms with Crippen molar-refractivity contribution in [2.24, 2.45) is 5.92 Å². The van der Waals surface area contributed by atoms with Gasteiger partial charge in [-0.15, -0.1) is 0 Å². The maximum atomic E-state index is 12.1.